The topological polar surface area (TPSA) is 39.2 Å². The quantitative estimate of drug-likeness (QED) is 0.860. The van der Waals surface area contributed by atoms with Gasteiger partial charge < -0.3 is 4.74 Å². The fraction of sp³-hybridized carbons (Fsp3) is 0.0909. The molecule has 0 atom stereocenters. The van der Waals surface area contributed by atoms with Gasteiger partial charge in [0.05, 0.1) is 9.90 Å². The Morgan fingerprint density at radius 1 is 1.41 bits per heavy atom. The van der Waals surface area contributed by atoms with Gasteiger partial charge in [-0.05, 0) is 18.2 Å². The van der Waals surface area contributed by atoms with Gasteiger partial charge in [-0.2, -0.15) is 0 Å². The number of ether oxygens (including phenoxy) is 1. The summed E-state index contributed by atoms with van der Waals surface area (Å²) < 4.78 is 4.53. The van der Waals surface area contributed by atoms with Crippen LogP contribution in [0.3, 0.4) is 0 Å². The van der Waals surface area contributed by atoms with Gasteiger partial charge in [0.25, 0.3) is 0 Å². The number of thiazole rings is 1. The maximum Gasteiger partial charge on any atom is 0.417 e. The number of aromatic nitrogens is 1. The van der Waals surface area contributed by atoms with Crippen LogP contribution in [-0.4, -0.2) is 11.5 Å². The predicted octanol–water partition coefficient (Wildman–Crippen LogP) is 3.70. The SMILES string of the molecule is O=[C]OCc1cnc(-c2ccc(Cl)cc2Cl)s1. The third kappa shape index (κ3) is 2.97. The van der Waals surface area contributed by atoms with Crippen molar-refractivity contribution in [2.24, 2.45) is 0 Å². The van der Waals surface area contributed by atoms with E-state index in [0.717, 1.165) is 15.4 Å². The van der Waals surface area contributed by atoms with E-state index in [1.807, 2.05) is 0 Å². The summed E-state index contributed by atoms with van der Waals surface area (Å²) in [4.78, 5) is 15.0. The summed E-state index contributed by atoms with van der Waals surface area (Å²) in [6.45, 7) is 1.54. The van der Waals surface area contributed by atoms with Crippen molar-refractivity contribution < 1.29 is 9.53 Å². The number of benzene rings is 1. The van der Waals surface area contributed by atoms with Crippen molar-refractivity contribution in [3.63, 3.8) is 0 Å². The minimum atomic E-state index is 0.173. The molecule has 1 aromatic heterocycles. The molecule has 1 radical (unpaired) electrons. The van der Waals surface area contributed by atoms with Crippen molar-refractivity contribution in [3.05, 3.63) is 39.3 Å². The molecule has 0 bridgehead atoms. The molecule has 3 nitrogen and oxygen atoms in total. The first-order chi connectivity index (χ1) is 8.20. The maximum absolute atomic E-state index is 9.95. The molecular formula is C11H6Cl2NO2S. The Labute approximate surface area is 112 Å². The Morgan fingerprint density at radius 2 is 2.24 bits per heavy atom. The Hall–Kier alpha value is -1.10. The molecule has 0 aliphatic rings. The molecular weight excluding hydrogens is 281 g/mol. The molecule has 0 amide bonds. The zero-order valence-electron chi connectivity index (χ0n) is 8.44. The normalized spacial score (nSPS) is 10.2. The van der Waals surface area contributed by atoms with Gasteiger partial charge in [-0.15, -0.1) is 11.3 Å². The lowest BCUT2D eigenvalue weighted by Crippen LogP contribution is -1.84. The van der Waals surface area contributed by atoms with Crippen molar-refractivity contribution >= 4 is 41.0 Å². The van der Waals surface area contributed by atoms with Crippen LogP contribution in [0.15, 0.2) is 24.4 Å². The minimum Gasteiger partial charge on any atom is -0.451 e. The molecule has 0 aliphatic heterocycles. The Bertz CT molecular complexity index is 542. The lowest BCUT2D eigenvalue weighted by molar-refractivity contribution is 0.270. The standard InChI is InChI=1S/C11H6Cl2NO2S/c12-7-1-2-9(10(13)3-7)11-14-4-8(17-11)5-16-6-15/h1-4H,5H2. The molecule has 17 heavy (non-hydrogen) atoms. The second-order valence-electron chi connectivity index (χ2n) is 3.13. The van der Waals surface area contributed by atoms with Crippen LogP contribution in [0.1, 0.15) is 4.88 Å². The number of hydrogen-bond acceptors (Lipinski definition) is 4. The number of nitrogens with zero attached hydrogens (tertiary/aromatic N) is 1. The highest BCUT2D eigenvalue weighted by Gasteiger charge is 2.09. The molecule has 0 saturated heterocycles. The van der Waals surface area contributed by atoms with Crippen molar-refractivity contribution in [3.8, 4) is 10.6 Å². The van der Waals surface area contributed by atoms with Crippen molar-refractivity contribution in [2.75, 3.05) is 0 Å². The van der Waals surface area contributed by atoms with E-state index in [9.17, 15) is 4.79 Å². The van der Waals surface area contributed by atoms with E-state index in [1.54, 1.807) is 24.4 Å². The van der Waals surface area contributed by atoms with E-state index >= 15 is 0 Å². The molecule has 1 aromatic carbocycles. The summed E-state index contributed by atoms with van der Waals surface area (Å²) in [5.74, 6) is 0. The zero-order chi connectivity index (χ0) is 12.3. The number of hydrogen-bond donors (Lipinski definition) is 0. The van der Waals surface area contributed by atoms with Gasteiger partial charge in [0, 0.05) is 16.8 Å². The molecule has 0 saturated carbocycles. The summed E-state index contributed by atoms with van der Waals surface area (Å²) in [6, 6.07) is 5.22. The number of halogens is 2. The third-order valence-electron chi connectivity index (χ3n) is 1.99. The summed E-state index contributed by atoms with van der Waals surface area (Å²) in [5.41, 5.74) is 0.808. The van der Waals surface area contributed by atoms with Crippen molar-refractivity contribution in [1.29, 1.82) is 0 Å². The fourth-order valence-corrected chi connectivity index (χ4v) is 2.68. The highest BCUT2D eigenvalue weighted by atomic mass is 35.5. The predicted molar refractivity (Wildman–Crippen MR) is 68.1 cm³/mol. The monoisotopic (exact) mass is 286 g/mol. The minimum absolute atomic E-state index is 0.173. The van der Waals surface area contributed by atoms with Gasteiger partial charge >= 0.3 is 6.47 Å². The zero-order valence-corrected chi connectivity index (χ0v) is 10.8. The molecule has 0 unspecified atom stereocenters. The summed E-state index contributed by atoms with van der Waals surface area (Å²) in [7, 11) is 0. The van der Waals surface area contributed by atoms with E-state index in [4.69, 9.17) is 23.2 Å². The van der Waals surface area contributed by atoms with Crippen LogP contribution in [0.25, 0.3) is 10.6 Å². The molecule has 6 heteroatoms. The number of rotatable bonds is 4. The largest absolute Gasteiger partial charge is 0.451 e. The molecule has 0 fully saturated rings. The first-order valence-corrected chi connectivity index (χ1v) is 6.17. The smallest absolute Gasteiger partial charge is 0.417 e. The average molecular weight is 287 g/mol. The maximum atomic E-state index is 9.95. The summed E-state index contributed by atoms with van der Waals surface area (Å²) in [5, 5.41) is 1.88. The highest BCUT2D eigenvalue weighted by Crippen LogP contribution is 2.33. The molecule has 0 N–H and O–H groups in total. The van der Waals surface area contributed by atoms with Crippen molar-refractivity contribution in [1.82, 2.24) is 4.98 Å². The van der Waals surface area contributed by atoms with Gasteiger partial charge in [0.2, 0.25) is 0 Å². The number of carbonyl (C=O) groups excluding carboxylic acids is 1. The summed E-state index contributed by atoms with van der Waals surface area (Å²) in [6.07, 6.45) is 1.64. The van der Waals surface area contributed by atoms with E-state index in [0.29, 0.717) is 10.0 Å². The van der Waals surface area contributed by atoms with Gasteiger partial charge in [0.1, 0.15) is 11.6 Å². The Balaban J connectivity index is 2.27. The first kappa shape index (κ1) is 12.4. The van der Waals surface area contributed by atoms with E-state index in [1.165, 1.54) is 17.8 Å². The van der Waals surface area contributed by atoms with Crippen molar-refractivity contribution in [2.45, 2.75) is 6.61 Å². The van der Waals surface area contributed by atoms with Crippen LogP contribution in [-0.2, 0) is 16.1 Å². The Morgan fingerprint density at radius 3 is 2.94 bits per heavy atom. The molecule has 2 rings (SSSR count). The van der Waals surface area contributed by atoms with E-state index < -0.39 is 0 Å². The van der Waals surface area contributed by atoms with Gasteiger partial charge in [-0.3, -0.25) is 0 Å². The third-order valence-corrected chi connectivity index (χ3v) is 3.54. The lowest BCUT2D eigenvalue weighted by Gasteiger charge is -2.00. The van der Waals surface area contributed by atoms with Crippen LogP contribution in [0.4, 0.5) is 0 Å². The highest BCUT2D eigenvalue weighted by molar-refractivity contribution is 7.15. The summed E-state index contributed by atoms with van der Waals surface area (Å²) >= 11 is 13.3. The van der Waals surface area contributed by atoms with Crippen LogP contribution < -0.4 is 0 Å². The van der Waals surface area contributed by atoms with E-state index in [-0.39, 0.29) is 6.61 Å². The van der Waals surface area contributed by atoms with Gasteiger partial charge in [0.15, 0.2) is 0 Å². The van der Waals surface area contributed by atoms with Gasteiger partial charge in [-0.25, -0.2) is 9.78 Å². The molecule has 2 aromatic rings. The van der Waals surface area contributed by atoms with Crippen LogP contribution in [0, 0.1) is 0 Å². The Kier molecular flexibility index (Phi) is 3.99. The van der Waals surface area contributed by atoms with E-state index in [2.05, 4.69) is 9.72 Å². The second-order valence-corrected chi connectivity index (χ2v) is 5.09. The fourth-order valence-electron chi connectivity index (χ4n) is 1.26. The second kappa shape index (κ2) is 5.49. The average Bonchev–Trinajstić information content (AvgIpc) is 2.75. The van der Waals surface area contributed by atoms with Gasteiger partial charge in [-0.1, -0.05) is 23.2 Å². The van der Waals surface area contributed by atoms with Crippen LogP contribution in [0.2, 0.25) is 10.0 Å². The molecule has 1 heterocycles. The molecule has 87 valence electrons. The molecule has 0 spiro atoms. The first-order valence-electron chi connectivity index (χ1n) is 4.60. The molecule has 0 aliphatic carbocycles. The lowest BCUT2D eigenvalue weighted by atomic mass is 10.2. The van der Waals surface area contributed by atoms with Crippen LogP contribution >= 0.6 is 34.5 Å². The van der Waals surface area contributed by atoms with Crippen LogP contribution in [0.5, 0.6) is 0 Å².